The molecule has 0 spiro atoms. The van der Waals surface area contributed by atoms with Crippen molar-refractivity contribution in [2.75, 3.05) is 0 Å². The molecule has 0 heterocycles. The number of phenols is 1. The molecule has 2 aromatic rings. The molecule has 0 aliphatic rings. The molecule has 112 valence electrons. The van der Waals surface area contributed by atoms with Crippen LogP contribution in [0.15, 0.2) is 47.6 Å². The SMILES string of the molecule is Cc1ccc(O)c(/C=N/NC(=O)c2cccc([N+](=O)[O-])c2)c1. The smallest absolute Gasteiger partial charge is 0.271 e. The second-order valence-electron chi connectivity index (χ2n) is 4.57. The van der Waals surface area contributed by atoms with Crippen molar-refractivity contribution >= 4 is 17.8 Å². The van der Waals surface area contributed by atoms with Crippen molar-refractivity contribution in [3.8, 4) is 5.75 Å². The molecule has 2 N–H and O–H groups in total. The minimum atomic E-state index is -0.579. The van der Waals surface area contributed by atoms with Gasteiger partial charge in [0.15, 0.2) is 0 Å². The summed E-state index contributed by atoms with van der Waals surface area (Å²) in [7, 11) is 0. The van der Waals surface area contributed by atoms with Crippen LogP contribution in [-0.2, 0) is 0 Å². The molecular formula is C15H13N3O4. The topological polar surface area (TPSA) is 105 Å². The molecule has 7 heteroatoms. The zero-order valence-corrected chi connectivity index (χ0v) is 11.7. The number of hydrogen-bond acceptors (Lipinski definition) is 5. The maximum absolute atomic E-state index is 11.9. The average molecular weight is 299 g/mol. The molecule has 0 saturated heterocycles. The number of carbonyl (C=O) groups is 1. The molecule has 0 aromatic heterocycles. The highest BCUT2D eigenvalue weighted by molar-refractivity contribution is 5.95. The second kappa shape index (κ2) is 6.49. The summed E-state index contributed by atoms with van der Waals surface area (Å²) >= 11 is 0. The maximum Gasteiger partial charge on any atom is 0.271 e. The fourth-order valence-corrected chi connectivity index (χ4v) is 1.76. The quantitative estimate of drug-likeness (QED) is 0.513. The Balaban J connectivity index is 2.09. The lowest BCUT2D eigenvalue weighted by molar-refractivity contribution is -0.384. The van der Waals surface area contributed by atoms with E-state index in [0.717, 1.165) is 11.6 Å². The summed E-state index contributed by atoms with van der Waals surface area (Å²) in [4.78, 5) is 21.9. The van der Waals surface area contributed by atoms with Gasteiger partial charge in [0.25, 0.3) is 11.6 Å². The largest absolute Gasteiger partial charge is 0.507 e. The van der Waals surface area contributed by atoms with Crippen molar-refractivity contribution in [2.24, 2.45) is 5.10 Å². The fraction of sp³-hybridized carbons (Fsp3) is 0.0667. The van der Waals surface area contributed by atoms with E-state index in [1.165, 1.54) is 30.5 Å². The summed E-state index contributed by atoms with van der Waals surface area (Å²) in [6.07, 6.45) is 1.30. The van der Waals surface area contributed by atoms with Crippen LogP contribution in [0.4, 0.5) is 5.69 Å². The molecule has 0 unspecified atom stereocenters. The lowest BCUT2D eigenvalue weighted by atomic mass is 10.1. The summed E-state index contributed by atoms with van der Waals surface area (Å²) in [5, 5.41) is 24.0. The van der Waals surface area contributed by atoms with Crippen molar-refractivity contribution in [1.29, 1.82) is 0 Å². The summed E-state index contributed by atoms with van der Waals surface area (Å²) in [5.41, 5.74) is 3.60. The molecule has 0 aliphatic carbocycles. The van der Waals surface area contributed by atoms with Crippen LogP contribution >= 0.6 is 0 Å². The minimum absolute atomic E-state index is 0.0407. The van der Waals surface area contributed by atoms with E-state index in [0.29, 0.717) is 5.56 Å². The van der Waals surface area contributed by atoms with Gasteiger partial charge < -0.3 is 5.11 Å². The summed E-state index contributed by atoms with van der Waals surface area (Å²) < 4.78 is 0. The number of nitro benzene ring substituents is 1. The molecule has 0 bridgehead atoms. The van der Waals surface area contributed by atoms with Gasteiger partial charge in [0.2, 0.25) is 0 Å². The highest BCUT2D eigenvalue weighted by Crippen LogP contribution is 2.16. The third-order valence-electron chi connectivity index (χ3n) is 2.87. The Bertz CT molecular complexity index is 756. The van der Waals surface area contributed by atoms with Gasteiger partial charge in [0.05, 0.1) is 11.1 Å². The predicted octanol–water partition coefficient (Wildman–Crippen LogP) is 2.37. The molecule has 0 atom stereocenters. The number of aryl methyl sites for hydroxylation is 1. The summed E-state index contributed by atoms with van der Waals surface area (Å²) in [6, 6.07) is 10.3. The van der Waals surface area contributed by atoms with E-state index in [9.17, 15) is 20.0 Å². The van der Waals surface area contributed by atoms with Crippen molar-refractivity contribution in [2.45, 2.75) is 6.92 Å². The number of amides is 1. The molecule has 22 heavy (non-hydrogen) atoms. The first-order chi connectivity index (χ1) is 10.5. The molecular weight excluding hydrogens is 286 g/mol. The van der Waals surface area contributed by atoms with E-state index in [1.54, 1.807) is 12.1 Å². The van der Waals surface area contributed by atoms with Crippen LogP contribution in [0.1, 0.15) is 21.5 Å². The number of phenolic OH excluding ortho intramolecular Hbond substituents is 1. The first kappa shape index (κ1) is 15.2. The van der Waals surface area contributed by atoms with Gasteiger partial charge in [-0.25, -0.2) is 5.43 Å². The number of hydrogen-bond donors (Lipinski definition) is 2. The second-order valence-corrected chi connectivity index (χ2v) is 4.57. The monoisotopic (exact) mass is 299 g/mol. The molecule has 0 saturated carbocycles. The minimum Gasteiger partial charge on any atom is -0.507 e. The molecule has 7 nitrogen and oxygen atoms in total. The number of nitro groups is 1. The number of nitrogens with zero attached hydrogens (tertiary/aromatic N) is 2. The molecule has 1 amide bonds. The van der Waals surface area contributed by atoms with Crippen LogP contribution in [-0.4, -0.2) is 22.2 Å². The molecule has 0 radical (unpaired) electrons. The van der Waals surface area contributed by atoms with E-state index in [-0.39, 0.29) is 17.0 Å². The highest BCUT2D eigenvalue weighted by atomic mass is 16.6. The Morgan fingerprint density at radius 2 is 2.09 bits per heavy atom. The Labute approximate surface area is 126 Å². The van der Waals surface area contributed by atoms with Crippen LogP contribution in [0.3, 0.4) is 0 Å². The Morgan fingerprint density at radius 3 is 2.82 bits per heavy atom. The van der Waals surface area contributed by atoms with E-state index >= 15 is 0 Å². The van der Waals surface area contributed by atoms with Crippen molar-refractivity contribution in [3.05, 3.63) is 69.3 Å². The third-order valence-corrected chi connectivity index (χ3v) is 2.87. The lowest BCUT2D eigenvalue weighted by Gasteiger charge is -2.01. The number of nitrogens with one attached hydrogen (secondary N) is 1. The lowest BCUT2D eigenvalue weighted by Crippen LogP contribution is -2.17. The normalized spacial score (nSPS) is 10.6. The Morgan fingerprint density at radius 1 is 1.32 bits per heavy atom. The van der Waals surface area contributed by atoms with Gasteiger partial charge in [-0.2, -0.15) is 5.10 Å². The fourth-order valence-electron chi connectivity index (χ4n) is 1.76. The van der Waals surface area contributed by atoms with E-state index < -0.39 is 10.8 Å². The first-order valence-corrected chi connectivity index (χ1v) is 6.35. The zero-order valence-electron chi connectivity index (χ0n) is 11.7. The van der Waals surface area contributed by atoms with Crippen LogP contribution in [0, 0.1) is 17.0 Å². The molecule has 2 aromatic carbocycles. The Hall–Kier alpha value is -3.22. The van der Waals surface area contributed by atoms with Gasteiger partial charge in [-0.3, -0.25) is 14.9 Å². The van der Waals surface area contributed by atoms with Crippen LogP contribution < -0.4 is 5.43 Å². The van der Waals surface area contributed by atoms with Gasteiger partial charge >= 0.3 is 0 Å². The number of carbonyl (C=O) groups excluding carboxylic acids is 1. The number of aromatic hydroxyl groups is 1. The highest BCUT2D eigenvalue weighted by Gasteiger charge is 2.10. The predicted molar refractivity (Wildman–Crippen MR) is 81.0 cm³/mol. The standard InChI is InChI=1S/C15H13N3O4/c1-10-5-6-14(19)12(7-10)9-16-17-15(20)11-3-2-4-13(8-11)18(21)22/h2-9,19H,1H3,(H,17,20)/b16-9+. The van der Waals surface area contributed by atoms with Crippen LogP contribution in [0.2, 0.25) is 0 Å². The molecule has 0 aliphatic heterocycles. The van der Waals surface area contributed by atoms with Crippen LogP contribution in [0.25, 0.3) is 0 Å². The number of benzene rings is 2. The van der Waals surface area contributed by atoms with Gasteiger partial charge in [-0.05, 0) is 25.1 Å². The van der Waals surface area contributed by atoms with Gasteiger partial charge in [-0.1, -0.05) is 17.7 Å². The van der Waals surface area contributed by atoms with E-state index in [1.807, 2.05) is 6.92 Å². The maximum atomic E-state index is 11.9. The summed E-state index contributed by atoms with van der Waals surface area (Å²) in [6.45, 7) is 1.86. The number of hydrazone groups is 1. The van der Waals surface area contributed by atoms with Crippen molar-refractivity contribution < 1.29 is 14.8 Å². The number of non-ortho nitro benzene ring substituents is 1. The average Bonchev–Trinajstić information content (AvgIpc) is 2.50. The van der Waals surface area contributed by atoms with Gasteiger partial charge in [-0.15, -0.1) is 0 Å². The summed E-state index contributed by atoms with van der Waals surface area (Å²) in [5.74, 6) is -0.536. The van der Waals surface area contributed by atoms with Gasteiger partial charge in [0.1, 0.15) is 5.75 Å². The Kier molecular flexibility index (Phi) is 4.47. The van der Waals surface area contributed by atoms with E-state index in [2.05, 4.69) is 10.5 Å². The third kappa shape index (κ3) is 3.66. The first-order valence-electron chi connectivity index (χ1n) is 6.35. The van der Waals surface area contributed by atoms with Gasteiger partial charge in [0, 0.05) is 23.3 Å². The van der Waals surface area contributed by atoms with Crippen molar-refractivity contribution in [3.63, 3.8) is 0 Å². The van der Waals surface area contributed by atoms with E-state index in [4.69, 9.17) is 0 Å². The zero-order chi connectivity index (χ0) is 16.1. The van der Waals surface area contributed by atoms with Crippen LogP contribution in [0.5, 0.6) is 5.75 Å². The van der Waals surface area contributed by atoms with Crippen molar-refractivity contribution in [1.82, 2.24) is 5.43 Å². The molecule has 0 fully saturated rings. The number of rotatable bonds is 4. The molecule has 2 rings (SSSR count).